The first-order chi connectivity index (χ1) is 10.2. The maximum Gasteiger partial charge on any atom is 0.262 e. The van der Waals surface area contributed by atoms with Crippen molar-refractivity contribution in [3.63, 3.8) is 0 Å². The van der Waals surface area contributed by atoms with Gasteiger partial charge in [0, 0.05) is 10.6 Å². The fraction of sp³-hybridized carbons (Fsp3) is 0.312. The molecule has 21 heavy (non-hydrogen) atoms. The number of thioether (sulfide) groups is 1. The van der Waals surface area contributed by atoms with Crippen LogP contribution in [0.4, 0.5) is 5.69 Å². The number of hydrogen-bond donors (Lipinski definition) is 2. The molecule has 0 bridgehead atoms. The van der Waals surface area contributed by atoms with Gasteiger partial charge in [0.1, 0.15) is 4.88 Å². The Labute approximate surface area is 132 Å². The lowest BCUT2D eigenvalue weighted by atomic mass is 9.87. The molecule has 0 spiro atoms. The molecule has 1 aromatic carbocycles. The lowest BCUT2D eigenvalue weighted by Gasteiger charge is -2.26. The lowest BCUT2D eigenvalue weighted by molar-refractivity contribution is 0.0934. The number of carbonyl (C=O) groups excluding carboxylic acids is 1. The van der Waals surface area contributed by atoms with Crippen LogP contribution in [0.15, 0.2) is 34.5 Å². The topological polar surface area (TPSA) is 55.1 Å². The van der Waals surface area contributed by atoms with E-state index in [-0.39, 0.29) is 11.9 Å². The van der Waals surface area contributed by atoms with E-state index in [0.717, 1.165) is 34.7 Å². The molecule has 1 unspecified atom stereocenters. The molecule has 2 aromatic rings. The van der Waals surface area contributed by atoms with Crippen LogP contribution in [0.3, 0.4) is 0 Å². The van der Waals surface area contributed by atoms with Crippen LogP contribution < -0.4 is 11.1 Å². The number of nitrogens with two attached hydrogens (primary N) is 1. The summed E-state index contributed by atoms with van der Waals surface area (Å²) < 4.78 is 0. The third kappa shape index (κ3) is 2.94. The van der Waals surface area contributed by atoms with Gasteiger partial charge in [-0.3, -0.25) is 4.79 Å². The maximum absolute atomic E-state index is 12.5. The molecular weight excluding hydrogens is 300 g/mol. The second-order valence-electron chi connectivity index (χ2n) is 5.19. The highest BCUT2D eigenvalue weighted by Gasteiger charge is 2.23. The molecule has 1 atom stereocenters. The van der Waals surface area contributed by atoms with E-state index >= 15 is 0 Å². The molecule has 1 heterocycles. The second kappa shape index (κ2) is 6.12. The van der Waals surface area contributed by atoms with E-state index in [1.54, 1.807) is 11.8 Å². The molecule has 0 radical (unpaired) electrons. The third-order valence-corrected chi connectivity index (χ3v) is 5.66. The number of rotatable bonds is 3. The second-order valence-corrected chi connectivity index (χ2v) is 6.96. The Morgan fingerprint density at radius 1 is 1.43 bits per heavy atom. The molecular formula is C16H18N2OS2. The number of carbonyl (C=O) groups is 1. The summed E-state index contributed by atoms with van der Waals surface area (Å²) in [5.74, 6) is 0.0315. The van der Waals surface area contributed by atoms with Crippen LogP contribution in [-0.4, -0.2) is 12.2 Å². The van der Waals surface area contributed by atoms with Crippen molar-refractivity contribution in [2.75, 3.05) is 12.0 Å². The molecule has 0 saturated heterocycles. The van der Waals surface area contributed by atoms with Gasteiger partial charge in [0.25, 0.3) is 5.91 Å². The molecule has 1 aliphatic rings. The molecule has 0 aliphatic heterocycles. The molecule has 0 saturated carbocycles. The van der Waals surface area contributed by atoms with Gasteiger partial charge in [0.2, 0.25) is 0 Å². The summed E-state index contributed by atoms with van der Waals surface area (Å²) in [5.41, 5.74) is 9.13. The summed E-state index contributed by atoms with van der Waals surface area (Å²) in [6.07, 6.45) is 5.11. The minimum Gasteiger partial charge on any atom is -0.399 e. The molecule has 0 fully saturated rings. The zero-order valence-corrected chi connectivity index (χ0v) is 13.5. The average Bonchev–Trinajstić information content (AvgIpc) is 2.95. The Morgan fingerprint density at radius 3 is 3.10 bits per heavy atom. The van der Waals surface area contributed by atoms with E-state index in [4.69, 9.17) is 5.73 Å². The quantitative estimate of drug-likeness (QED) is 0.667. The van der Waals surface area contributed by atoms with Gasteiger partial charge < -0.3 is 11.1 Å². The van der Waals surface area contributed by atoms with Crippen LogP contribution in [0, 0.1) is 0 Å². The van der Waals surface area contributed by atoms with Crippen LogP contribution in [0.5, 0.6) is 0 Å². The fourth-order valence-electron chi connectivity index (χ4n) is 2.83. The molecule has 5 heteroatoms. The van der Waals surface area contributed by atoms with Crippen LogP contribution in [0.25, 0.3) is 0 Å². The van der Waals surface area contributed by atoms with Crippen molar-refractivity contribution < 1.29 is 4.79 Å². The van der Waals surface area contributed by atoms with Crippen LogP contribution in [-0.2, 0) is 6.42 Å². The average molecular weight is 318 g/mol. The Kier molecular flexibility index (Phi) is 4.22. The van der Waals surface area contributed by atoms with Crippen molar-refractivity contribution >= 4 is 34.7 Å². The predicted octanol–water partition coefficient (Wildman–Crippen LogP) is 3.86. The normalized spacial score (nSPS) is 17.3. The Bertz CT molecular complexity index is 666. The summed E-state index contributed by atoms with van der Waals surface area (Å²) in [7, 11) is 0. The van der Waals surface area contributed by atoms with E-state index in [9.17, 15) is 4.79 Å². The first kappa shape index (κ1) is 14.5. The van der Waals surface area contributed by atoms with Crippen LogP contribution >= 0.6 is 23.1 Å². The van der Waals surface area contributed by atoms with Gasteiger partial charge in [-0.05, 0) is 60.2 Å². The van der Waals surface area contributed by atoms with Gasteiger partial charge >= 0.3 is 0 Å². The third-order valence-electron chi connectivity index (χ3n) is 3.84. The first-order valence-electron chi connectivity index (χ1n) is 6.99. The minimum atomic E-state index is 0.0315. The lowest BCUT2D eigenvalue weighted by Crippen LogP contribution is -2.30. The van der Waals surface area contributed by atoms with Gasteiger partial charge in [-0.25, -0.2) is 0 Å². The zero-order valence-electron chi connectivity index (χ0n) is 11.9. The number of fused-ring (bicyclic) bond motifs is 1. The first-order valence-corrected chi connectivity index (χ1v) is 9.10. The Balaban J connectivity index is 1.82. The SMILES string of the molecule is CSc1ccsc1C(=O)NC1CCCc2cc(N)ccc21. The number of anilines is 1. The molecule has 1 aliphatic carbocycles. The van der Waals surface area contributed by atoms with E-state index in [1.807, 2.05) is 29.8 Å². The van der Waals surface area contributed by atoms with Gasteiger partial charge in [0.05, 0.1) is 6.04 Å². The summed E-state index contributed by atoms with van der Waals surface area (Å²) in [6.45, 7) is 0. The van der Waals surface area contributed by atoms with Gasteiger partial charge in [-0.1, -0.05) is 6.07 Å². The van der Waals surface area contributed by atoms with Gasteiger partial charge in [0.15, 0.2) is 0 Å². The predicted molar refractivity (Wildman–Crippen MR) is 90.1 cm³/mol. The monoisotopic (exact) mass is 318 g/mol. The number of nitrogen functional groups attached to an aromatic ring is 1. The maximum atomic E-state index is 12.5. The molecule has 1 amide bonds. The zero-order chi connectivity index (χ0) is 14.8. The number of amides is 1. The smallest absolute Gasteiger partial charge is 0.262 e. The summed E-state index contributed by atoms with van der Waals surface area (Å²) in [5, 5.41) is 5.16. The number of benzene rings is 1. The standard InChI is InChI=1S/C16H18N2OS2/c1-20-14-7-8-21-15(14)16(19)18-13-4-2-3-10-9-11(17)5-6-12(10)13/h5-9,13H,2-4,17H2,1H3,(H,18,19). The van der Waals surface area contributed by atoms with Crippen molar-refractivity contribution in [2.45, 2.75) is 30.2 Å². The Hall–Kier alpha value is -1.46. The molecule has 3 nitrogen and oxygen atoms in total. The van der Waals surface area contributed by atoms with Gasteiger partial charge in [-0.2, -0.15) is 0 Å². The van der Waals surface area contributed by atoms with Crippen molar-refractivity contribution in [3.8, 4) is 0 Å². The van der Waals surface area contributed by atoms with Crippen molar-refractivity contribution in [1.29, 1.82) is 0 Å². The number of nitrogens with one attached hydrogen (secondary N) is 1. The minimum absolute atomic E-state index is 0.0315. The molecule has 3 rings (SSSR count). The van der Waals surface area contributed by atoms with Crippen molar-refractivity contribution in [1.82, 2.24) is 5.32 Å². The highest BCUT2D eigenvalue weighted by atomic mass is 32.2. The van der Waals surface area contributed by atoms with Gasteiger partial charge in [-0.15, -0.1) is 23.1 Å². The largest absolute Gasteiger partial charge is 0.399 e. The molecule has 1 aromatic heterocycles. The summed E-state index contributed by atoms with van der Waals surface area (Å²) in [4.78, 5) is 14.3. The Morgan fingerprint density at radius 2 is 2.29 bits per heavy atom. The number of hydrogen-bond acceptors (Lipinski definition) is 4. The van der Waals surface area contributed by atoms with Crippen molar-refractivity contribution in [3.05, 3.63) is 45.6 Å². The summed E-state index contributed by atoms with van der Waals surface area (Å²) in [6, 6.07) is 8.10. The van der Waals surface area contributed by atoms with E-state index < -0.39 is 0 Å². The number of aryl methyl sites for hydroxylation is 1. The summed E-state index contributed by atoms with van der Waals surface area (Å²) >= 11 is 3.11. The highest BCUT2D eigenvalue weighted by Crippen LogP contribution is 2.32. The highest BCUT2D eigenvalue weighted by molar-refractivity contribution is 7.98. The van der Waals surface area contributed by atoms with E-state index in [1.165, 1.54) is 22.5 Å². The van der Waals surface area contributed by atoms with Crippen molar-refractivity contribution in [2.24, 2.45) is 0 Å². The molecule has 110 valence electrons. The van der Waals surface area contributed by atoms with Crippen LogP contribution in [0.1, 0.15) is 39.7 Å². The number of thiophene rings is 1. The van der Waals surface area contributed by atoms with Crippen LogP contribution in [0.2, 0.25) is 0 Å². The fourth-order valence-corrected chi connectivity index (χ4v) is 4.48. The van der Waals surface area contributed by atoms with E-state index in [2.05, 4.69) is 11.4 Å². The van der Waals surface area contributed by atoms with E-state index in [0.29, 0.717) is 0 Å². The molecule has 3 N–H and O–H groups in total.